The van der Waals surface area contributed by atoms with Crippen LogP contribution in [0.25, 0.3) is 0 Å². The molecule has 94 valence electrons. The summed E-state index contributed by atoms with van der Waals surface area (Å²) in [6.45, 7) is 1.83. The molecule has 0 fully saturated rings. The van der Waals surface area contributed by atoms with Gasteiger partial charge in [0.2, 0.25) is 0 Å². The van der Waals surface area contributed by atoms with Gasteiger partial charge in [-0.2, -0.15) is 0 Å². The highest BCUT2D eigenvalue weighted by Crippen LogP contribution is 2.20. The molecule has 2 aromatic carbocycles. The van der Waals surface area contributed by atoms with Crippen molar-refractivity contribution in [3.05, 3.63) is 70.8 Å². The maximum absolute atomic E-state index is 13.7. The fraction of sp³-hybridized carbons (Fsp3) is 0.200. The standard InChI is InChI=1S/C15H15F2N/c1-10-2-7-13(14(17)8-10)15(18)9-11-3-5-12(16)6-4-11/h2-8,15H,9,18H2,1H3. The van der Waals surface area contributed by atoms with Gasteiger partial charge in [0.05, 0.1) is 0 Å². The number of benzene rings is 2. The lowest BCUT2D eigenvalue weighted by Crippen LogP contribution is -2.15. The Morgan fingerprint density at radius 2 is 1.72 bits per heavy atom. The van der Waals surface area contributed by atoms with Gasteiger partial charge in [0.1, 0.15) is 11.6 Å². The molecular formula is C15H15F2N. The summed E-state index contributed by atoms with van der Waals surface area (Å²) in [5.41, 5.74) is 8.23. The zero-order chi connectivity index (χ0) is 13.1. The Balaban J connectivity index is 2.16. The van der Waals surface area contributed by atoms with Crippen LogP contribution in [-0.2, 0) is 6.42 Å². The van der Waals surface area contributed by atoms with Crippen LogP contribution in [0.3, 0.4) is 0 Å². The number of hydrogen-bond acceptors (Lipinski definition) is 1. The summed E-state index contributed by atoms with van der Waals surface area (Å²) < 4.78 is 26.5. The molecule has 2 N–H and O–H groups in total. The van der Waals surface area contributed by atoms with Crippen LogP contribution in [0, 0.1) is 18.6 Å². The molecule has 18 heavy (non-hydrogen) atoms. The molecule has 1 unspecified atom stereocenters. The van der Waals surface area contributed by atoms with Crippen LogP contribution in [0.2, 0.25) is 0 Å². The SMILES string of the molecule is Cc1ccc(C(N)Cc2ccc(F)cc2)c(F)c1. The number of aryl methyl sites for hydroxylation is 1. The van der Waals surface area contributed by atoms with Gasteiger partial charge in [0, 0.05) is 11.6 Å². The first-order valence-electron chi connectivity index (χ1n) is 5.82. The summed E-state index contributed by atoms with van der Waals surface area (Å²) in [6, 6.07) is 10.7. The van der Waals surface area contributed by atoms with Crippen molar-refractivity contribution in [1.29, 1.82) is 0 Å². The lowest BCUT2D eigenvalue weighted by molar-refractivity contribution is 0.578. The Labute approximate surface area is 105 Å². The molecule has 0 saturated heterocycles. The van der Waals surface area contributed by atoms with E-state index in [2.05, 4.69) is 0 Å². The Morgan fingerprint density at radius 1 is 1.06 bits per heavy atom. The molecule has 2 aromatic rings. The molecule has 2 rings (SSSR count). The van der Waals surface area contributed by atoms with Crippen molar-refractivity contribution in [2.45, 2.75) is 19.4 Å². The summed E-state index contributed by atoms with van der Waals surface area (Å²) >= 11 is 0. The highest BCUT2D eigenvalue weighted by molar-refractivity contribution is 5.28. The molecule has 0 aliphatic carbocycles. The number of nitrogens with two attached hydrogens (primary N) is 1. The summed E-state index contributed by atoms with van der Waals surface area (Å²) in [5, 5.41) is 0. The fourth-order valence-corrected chi connectivity index (χ4v) is 1.92. The lowest BCUT2D eigenvalue weighted by Gasteiger charge is -2.13. The highest BCUT2D eigenvalue weighted by Gasteiger charge is 2.12. The summed E-state index contributed by atoms with van der Waals surface area (Å²) in [4.78, 5) is 0. The van der Waals surface area contributed by atoms with Crippen molar-refractivity contribution in [3.63, 3.8) is 0 Å². The Hall–Kier alpha value is -1.74. The first kappa shape index (κ1) is 12.7. The normalized spacial score (nSPS) is 12.4. The topological polar surface area (TPSA) is 26.0 Å². The maximum atomic E-state index is 13.7. The van der Waals surface area contributed by atoms with E-state index in [4.69, 9.17) is 5.73 Å². The Kier molecular flexibility index (Phi) is 3.72. The summed E-state index contributed by atoms with van der Waals surface area (Å²) in [6.07, 6.45) is 0.486. The van der Waals surface area contributed by atoms with E-state index in [-0.39, 0.29) is 11.6 Å². The molecule has 0 amide bonds. The van der Waals surface area contributed by atoms with Gasteiger partial charge in [-0.05, 0) is 42.7 Å². The molecule has 0 aliphatic heterocycles. The second-order valence-electron chi connectivity index (χ2n) is 4.46. The molecular weight excluding hydrogens is 232 g/mol. The Morgan fingerprint density at radius 3 is 2.33 bits per heavy atom. The fourth-order valence-electron chi connectivity index (χ4n) is 1.92. The van der Waals surface area contributed by atoms with E-state index < -0.39 is 6.04 Å². The van der Waals surface area contributed by atoms with E-state index in [1.54, 1.807) is 18.2 Å². The average molecular weight is 247 g/mol. The van der Waals surface area contributed by atoms with E-state index in [0.29, 0.717) is 12.0 Å². The largest absolute Gasteiger partial charge is 0.324 e. The Bertz CT molecular complexity index is 535. The van der Waals surface area contributed by atoms with Gasteiger partial charge in [0.25, 0.3) is 0 Å². The van der Waals surface area contributed by atoms with Crippen LogP contribution < -0.4 is 5.73 Å². The minimum atomic E-state index is -0.420. The molecule has 0 heterocycles. The second kappa shape index (κ2) is 5.27. The lowest BCUT2D eigenvalue weighted by atomic mass is 9.98. The molecule has 1 nitrogen and oxygen atoms in total. The zero-order valence-electron chi connectivity index (χ0n) is 10.2. The van der Waals surface area contributed by atoms with Gasteiger partial charge >= 0.3 is 0 Å². The van der Waals surface area contributed by atoms with Crippen molar-refractivity contribution in [1.82, 2.24) is 0 Å². The van der Waals surface area contributed by atoms with Crippen LogP contribution in [0.15, 0.2) is 42.5 Å². The number of hydrogen-bond donors (Lipinski definition) is 1. The zero-order valence-corrected chi connectivity index (χ0v) is 10.2. The molecule has 0 aliphatic rings. The smallest absolute Gasteiger partial charge is 0.128 e. The van der Waals surface area contributed by atoms with E-state index in [0.717, 1.165) is 11.1 Å². The molecule has 0 radical (unpaired) electrons. The maximum Gasteiger partial charge on any atom is 0.128 e. The van der Waals surface area contributed by atoms with Crippen molar-refractivity contribution >= 4 is 0 Å². The summed E-state index contributed by atoms with van der Waals surface area (Å²) in [5.74, 6) is -0.571. The average Bonchev–Trinajstić information content (AvgIpc) is 2.32. The van der Waals surface area contributed by atoms with Crippen molar-refractivity contribution in [2.75, 3.05) is 0 Å². The number of halogens is 2. The highest BCUT2D eigenvalue weighted by atomic mass is 19.1. The third kappa shape index (κ3) is 2.93. The first-order chi connectivity index (χ1) is 8.56. The van der Waals surface area contributed by atoms with Crippen molar-refractivity contribution < 1.29 is 8.78 Å². The minimum absolute atomic E-state index is 0.283. The van der Waals surface area contributed by atoms with Crippen molar-refractivity contribution in [3.8, 4) is 0 Å². The minimum Gasteiger partial charge on any atom is -0.324 e. The van der Waals surface area contributed by atoms with Gasteiger partial charge in [0.15, 0.2) is 0 Å². The molecule has 0 aromatic heterocycles. The van der Waals surface area contributed by atoms with Crippen LogP contribution >= 0.6 is 0 Å². The van der Waals surface area contributed by atoms with Gasteiger partial charge < -0.3 is 5.73 Å². The monoisotopic (exact) mass is 247 g/mol. The van der Waals surface area contributed by atoms with Gasteiger partial charge in [-0.25, -0.2) is 8.78 Å². The quantitative estimate of drug-likeness (QED) is 0.882. The van der Waals surface area contributed by atoms with E-state index in [1.165, 1.54) is 18.2 Å². The molecule has 0 saturated carbocycles. The first-order valence-corrected chi connectivity index (χ1v) is 5.82. The molecule has 1 atom stereocenters. The van der Waals surface area contributed by atoms with Gasteiger partial charge in [-0.15, -0.1) is 0 Å². The number of rotatable bonds is 3. The van der Waals surface area contributed by atoms with E-state index in [9.17, 15) is 8.78 Å². The van der Waals surface area contributed by atoms with E-state index >= 15 is 0 Å². The predicted octanol–water partition coefficient (Wildman–Crippen LogP) is 3.52. The third-order valence-electron chi connectivity index (χ3n) is 2.92. The van der Waals surface area contributed by atoms with Crippen LogP contribution in [0.5, 0.6) is 0 Å². The molecule has 0 spiro atoms. The van der Waals surface area contributed by atoms with Gasteiger partial charge in [-0.3, -0.25) is 0 Å². The van der Waals surface area contributed by atoms with Gasteiger partial charge in [-0.1, -0.05) is 24.3 Å². The summed E-state index contributed by atoms with van der Waals surface area (Å²) in [7, 11) is 0. The van der Waals surface area contributed by atoms with Crippen LogP contribution in [-0.4, -0.2) is 0 Å². The third-order valence-corrected chi connectivity index (χ3v) is 2.92. The van der Waals surface area contributed by atoms with E-state index in [1.807, 2.05) is 13.0 Å². The van der Waals surface area contributed by atoms with Crippen LogP contribution in [0.1, 0.15) is 22.7 Å². The predicted molar refractivity (Wildman–Crippen MR) is 68.2 cm³/mol. The van der Waals surface area contributed by atoms with Crippen LogP contribution in [0.4, 0.5) is 8.78 Å². The van der Waals surface area contributed by atoms with Crippen molar-refractivity contribution in [2.24, 2.45) is 5.73 Å². The molecule has 3 heteroatoms. The molecule has 0 bridgehead atoms. The second-order valence-corrected chi connectivity index (χ2v) is 4.46.